The average molecular weight is 427 g/mol. The fraction of sp³-hybridized carbons (Fsp3) is 0.375. The minimum Gasteiger partial charge on any atom is -0.481 e. The first-order valence-corrected chi connectivity index (χ1v) is 10.3. The third-order valence-electron chi connectivity index (χ3n) is 5.69. The normalized spacial score (nSPS) is 14.1. The highest BCUT2D eigenvalue weighted by atomic mass is 19.1. The number of nitrogens with zero attached hydrogens (tertiary/aromatic N) is 1. The van der Waals surface area contributed by atoms with E-state index in [0.29, 0.717) is 29.8 Å². The molecule has 1 heterocycles. The molecule has 0 bridgehead atoms. The number of hydrogen-bond acceptors (Lipinski definition) is 4. The van der Waals surface area contributed by atoms with Gasteiger partial charge in [0.1, 0.15) is 5.75 Å². The summed E-state index contributed by atoms with van der Waals surface area (Å²) in [5, 5.41) is 9.56. The minimum absolute atomic E-state index is 0.229. The summed E-state index contributed by atoms with van der Waals surface area (Å²) in [7, 11) is 0. The topological polar surface area (TPSA) is 85.6 Å². The van der Waals surface area contributed by atoms with Crippen LogP contribution in [0, 0.1) is 6.92 Å². The van der Waals surface area contributed by atoms with E-state index in [1.165, 1.54) is 13.0 Å². The number of carbonyl (C=O) groups excluding carboxylic acids is 2. The number of benzene rings is 1. The quantitative estimate of drug-likeness (QED) is 0.276. The Kier molecular flexibility index (Phi) is 6.73. The lowest BCUT2D eigenvalue weighted by Gasteiger charge is -2.15. The number of ketones is 1. The number of rotatable bonds is 9. The number of carboxylic acids is 1. The van der Waals surface area contributed by atoms with Gasteiger partial charge in [0.05, 0.1) is 22.3 Å². The molecule has 0 saturated carbocycles. The maximum absolute atomic E-state index is 13.3. The lowest BCUT2D eigenvalue weighted by atomic mass is 10.0. The molecule has 0 unspecified atom stereocenters. The highest BCUT2D eigenvalue weighted by Crippen LogP contribution is 2.41. The van der Waals surface area contributed by atoms with Crippen LogP contribution in [0.25, 0.3) is 10.9 Å². The van der Waals surface area contributed by atoms with E-state index in [1.54, 1.807) is 19.1 Å². The van der Waals surface area contributed by atoms with E-state index in [2.05, 4.69) is 0 Å². The van der Waals surface area contributed by atoms with Gasteiger partial charge in [-0.3, -0.25) is 9.59 Å². The van der Waals surface area contributed by atoms with Crippen molar-refractivity contribution in [2.24, 2.45) is 0 Å². The summed E-state index contributed by atoms with van der Waals surface area (Å²) in [6.07, 6.45) is 6.67. The second-order valence-electron chi connectivity index (χ2n) is 7.73. The number of Topliss-reactive ketones (excluding diaryl/α,β-unsaturated/α-hetero) is 1. The predicted molar refractivity (Wildman–Crippen MR) is 115 cm³/mol. The molecule has 7 heteroatoms. The number of carbonyl (C=O) groups is 3. The van der Waals surface area contributed by atoms with Gasteiger partial charge >= 0.3 is 5.97 Å². The number of allylic oxidation sites excluding steroid dienone is 4. The van der Waals surface area contributed by atoms with Gasteiger partial charge in [-0.2, -0.15) is 0 Å². The van der Waals surface area contributed by atoms with Crippen LogP contribution in [0.2, 0.25) is 0 Å². The summed E-state index contributed by atoms with van der Waals surface area (Å²) in [6.45, 7) is 4.98. The molecule has 6 nitrogen and oxygen atoms in total. The van der Waals surface area contributed by atoms with Gasteiger partial charge in [-0.15, -0.1) is 0 Å². The van der Waals surface area contributed by atoms with Crippen LogP contribution in [-0.4, -0.2) is 34.3 Å². The molecule has 0 atom stereocenters. The molecule has 1 aromatic heterocycles. The molecule has 0 amide bonds. The summed E-state index contributed by atoms with van der Waals surface area (Å²) >= 11 is 0. The summed E-state index contributed by atoms with van der Waals surface area (Å²) in [5.41, 5.74) is 4.71. The molecule has 1 aliphatic carbocycles. The van der Waals surface area contributed by atoms with Gasteiger partial charge in [-0.25, -0.2) is 9.18 Å². The fourth-order valence-electron chi connectivity index (χ4n) is 4.25. The van der Waals surface area contributed by atoms with Gasteiger partial charge in [0.15, 0.2) is 12.9 Å². The standard InChI is InChI=1S/C24H26FNO5/c1-4-16(9-8-14(2)25)11-26-15(3)22(19(28)12-27)23-20(31-13-21(29)30)10-17-6-5-7-18(17)24(23)26/h8-10,12H,4-7,11,13H2,1-3H3,(H,29,30)/b14-8+,16-9+. The lowest BCUT2D eigenvalue weighted by Crippen LogP contribution is -2.10. The van der Waals surface area contributed by atoms with Crippen molar-refractivity contribution in [1.82, 2.24) is 4.57 Å². The van der Waals surface area contributed by atoms with Gasteiger partial charge < -0.3 is 14.4 Å². The van der Waals surface area contributed by atoms with Crippen LogP contribution in [0.15, 0.2) is 29.6 Å². The van der Waals surface area contributed by atoms with E-state index in [0.717, 1.165) is 41.5 Å². The van der Waals surface area contributed by atoms with Gasteiger partial charge in [0.2, 0.25) is 5.78 Å². The molecule has 0 radical (unpaired) electrons. The van der Waals surface area contributed by atoms with Crippen LogP contribution in [-0.2, 0) is 29.0 Å². The lowest BCUT2D eigenvalue weighted by molar-refractivity contribution is -0.139. The predicted octanol–water partition coefficient (Wildman–Crippen LogP) is 4.49. The number of ether oxygens (including phenoxy) is 1. The van der Waals surface area contributed by atoms with Gasteiger partial charge in [-0.05, 0) is 62.8 Å². The SMILES string of the molecule is CC/C(=C\C=C(/C)F)Cn1c(C)c(C(=O)C=O)c2c(OCC(=O)O)cc3c(c21)CCC3. The van der Waals surface area contributed by atoms with Crippen LogP contribution in [0.4, 0.5) is 4.39 Å². The summed E-state index contributed by atoms with van der Waals surface area (Å²) in [4.78, 5) is 35.1. The molecule has 0 aliphatic heterocycles. The number of fused-ring (bicyclic) bond motifs is 3. The van der Waals surface area contributed by atoms with Crippen molar-refractivity contribution in [3.63, 3.8) is 0 Å². The summed E-state index contributed by atoms with van der Waals surface area (Å²) in [5.74, 6) is -1.81. The molecule has 3 rings (SSSR count). The van der Waals surface area contributed by atoms with Crippen molar-refractivity contribution in [1.29, 1.82) is 0 Å². The van der Waals surface area contributed by atoms with Crippen molar-refractivity contribution in [2.75, 3.05) is 6.61 Å². The molecule has 0 fully saturated rings. The number of aryl methyl sites for hydroxylation is 2. The third kappa shape index (κ3) is 4.45. The minimum atomic E-state index is -1.13. The molecule has 1 aliphatic rings. The Morgan fingerprint density at radius 2 is 2.03 bits per heavy atom. The Morgan fingerprint density at radius 3 is 2.65 bits per heavy atom. The number of halogens is 1. The average Bonchev–Trinajstić information content (AvgIpc) is 3.30. The number of aldehydes is 1. The zero-order valence-electron chi connectivity index (χ0n) is 18.0. The Morgan fingerprint density at radius 1 is 1.29 bits per heavy atom. The van der Waals surface area contributed by atoms with Gasteiger partial charge in [0.25, 0.3) is 0 Å². The largest absolute Gasteiger partial charge is 0.481 e. The Bertz CT molecular complexity index is 1120. The first-order valence-electron chi connectivity index (χ1n) is 10.3. The van der Waals surface area contributed by atoms with Crippen LogP contribution in [0.3, 0.4) is 0 Å². The first-order chi connectivity index (χ1) is 14.8. The molecule has 31 heavy (non-hydrogen) atoms. The van der Waals surface area contributed by atoms with Gasteiger partial charge in [-0.1, -0.05) is 18.6 Å². The first kappa shape index (κ1) is 22.5. The zero-order valence-corrected chi connectivity index (χ0v) is 18.0. The van der Waals surface area contributed by atoms with E-state index < -0.39 is 18.4 Å². The van der Waals surface area contributed by atoms with Crippen molar-refractivity contribution >= 4 is 28.9 Å². The zero-order chi connectivity index (χ0) is 22.7. The van der Waals surface area contributed by atoms with Crippen LogP contribution in [0.5, 0.6) is 5.75 Å². The highest BCUT2D eigenvalue weighted by Gasteiger charge is 2.28. The molecule has 1 aromatic carbocycles. The highest BCUT2D eigenvalue weighted by molar-refractivity contribution is 6.37. The summed E-state index contributed by atoms with van der Waals surface area (Å²) < 4.78 is 20.8. The Labute approximate surface area is 180 Å². The van der Waals surface area contributed by atoms with E-state index in [4.69, 9.17) is 9.84 Å². The number of hydrogen-bond donors (Lipinski definition) is 1. The molecule has 0 spiro atoms. The second kappa shape index (κ2) is 9.29. The van der Waals surface area contributed by atoms with Crippen molar-refractivity contribution in [3.05, 3.63) is 52.0 Å². The number of aliphatic carboxylic acids is 1. The molecule has 2 aromatic rings. The second-order valence-corrected chi connectivity index (χ2v) is 7.73. The fourth-order valence-corrected chi connectivity index (χ4v) is 4.25. The molecule has 1 N–H and O–H groups in total. The van der Waals surface area contributed by atoms with E-state index in [-0.39, 0.29) is 17.7 Å². The van der Waals surface area contributed by atoms with E-state index in [1.807, 2.05) is 11.5 Å². The van der Waals surface area contributed by atoms with E-state index >= 15 is 0 Å². The monoisotopic (exact) mass is 427 g/mol. The maximum atomic E-state index is 13.3. The van der Waals surface area contributed by atoms with Gasteiger partial charge in [0, 0.05) is 12.2 Å². The van der Waals surface area contributed by atoms with Crippen LogP contribution < -0.4 is 4.74 Å². The number of carboxylic acid groups (broad SMARTS) is 1. The maximum Gasteiger partial charge on any atom is 0.341 e. The molecular formula is C24H26FNO5. The summed E-state index contributed by atoms with van der Waals surface area (Å²) in [6, 6.07) is 1.80. The van der Waals surface area contributed by atoms with E-state index in [9.17, 15) is 18.8 Å². The van der Waals surface area contributed by atoms with Crippen molar-refractivity contribution in [2.45, 2.75) is 53.0 Å². The number of aromatic nitrogens is 1. The smallest absolute Gasteiger partial charge is 0.341 e. The van der Waals surface area contributed by atoms with Crippen LogP contribution in [0.1, 0.15) is 53.9 Å². The van der Waals surface area contributed by atoms with Crippen molar-refractivity contribution in [3.8, 4) is 5.75 Å². The molecular weight excluding hydrogens is 401 g/mol. The third-order valence-corrected chi connectivity index (χ3v) is 5.69. The molecule has 164 valence electrons. The Balaban J connectivity index is 2.32. The Hall–Kier alpha value is -3.22. The molecule has 0 saturated heterocycles. The van der Waals surface area contributed by atoms with Crippen LogP contribution >= 0.6 is 0 Å². The van der Waals surface area contributed by atoms with Crippen molar-refractivity contribution < 1.29 is 28.6 Å².